The minimum atomic E-state index is -0.795. The molecule has 3 N–H and O–H groups in total. The van der Waals surface area contributed by atoms with Crippen LogP contribution in [0.2, 0.25) is 0 Å². The molecule has 0 spiro atoms. The Kier molecular flexibility index (Phi) is 35.3. The molecule has 1 atom stereocenters. The second-order valence-electron chi connectivity index (χ2n) is 12.8. The predicted molar refractivity (Wildman–Crippen MR) is 194 cm³/mol. The first kappa shape index (κ1) is 42.8. The van der Waals surface area contributed by atoms with Crippen LogP contribution in [0.4, 0.5) is 0 Å². The first-order valence-corrected chi connectivity index (χ1v) is 18.8. The molecule has 0 aromatic heterocycles. The SMILES string of the molecule is CCCCC/C=C\C/C=C\CCCCCCCCOCC(N)(CO)COCCCCCCCC/C=C\C/C=C/CCCCC. The summed E-state index contributed by atoms with van der Waals surface area (Å²) >= 11 is 0. The quantitative estimate of drug-likeness (QED) is 0.0548. The molecule has 0 bridgehead atoms. The summed E-state index contributed by atoms with van der Waals surface area (Å²) in [6.45, 7) is 6.52. The normalized spacial score (nSPS) is 13.8. The lowest BCUT2D eigenvalue weighted by Crippen LogP contribution is -2.52. The molecule has 4 heteroatoms. The molecule has 0 aromatic rings. The number of aliphatic hydroxyl groups excluding tert-OH is 1. The molecule has 4 nitrogen and oxygen atoms in total. The zero-order valence-corrected chi connectivity index (χ0v) is 29.5. The summed E-state index contributed by atoms with van der Waals surface area (Å²) in [6, 6.07) is 0. The summed E-state index contributed by atoms with van der Waals surface area (Å²) in [7, 11) is 0. The van der Waals surface area contributed by atoms with E-state index in [1.165, 1.54) is 128 Å². The molecule has 0 aliphatic rings. The molecule has 44 heavy (non-hydrogen) atoms. The second-order valence-corrected chi connectivity index (χ2v) is 12.8. The smallest absolute Gasteiger partial charge is 0.0862 e. The molecule has 0 heterocycles. The van der Waals surface area contributed by atoms with Gasteiger partial charge in [0, 0.05) is 13.2 Å². The van der Waals surface area contributed by atoms with Gasteiger partial charge in [-0.3, -0.25) is 0 Å². The molecule has 1 unspecified atom stereocenters. The van der Waals surface area contributed by atoms with Crippen LogP contribution < -0.4 is 5.73 Å². The Morgan fingerprint density at radius 3 is 1.11 bits per heavy atom. The molecule has 0 aliphatic heterocycles. The van der Waals surface area contributed by atoms with Gasteiger partial charge < -0.3 is 20.3 Å². The Hall–Kier alpha value is -1.20. The minimum absolute atomic E-state index is 0.111. The highest BCUT2D eigenvalue weighted by Crippen LogP contribution is 2.11. The van der Waals surface area contributed by atoms with Crippen LogP contribution >= 0.6 is 0 Å². The van der Waals surface area contributed by atoms with Gasteiger partial charge in [-0.2, -0.15) is 0 Å². The molecule has 0 amide bonds. The lowest BCUT2D eigenvalue weighted by atomic mass is 10.1. The Bertz CT molecular complexity index is 618. The van der Waals surface area contributed by atoms with Crippen LogP contribution in [0.5, 0.6) is 0 Å². The van der Waals surface area contributed by atoms with Gasteiger partial charge in [0.25, 0.3) is 0 Å². The van der Waals surface area contributed by atoms with E-state index in [4.69, 9.17) is 15.2 Å². The van der Waals surface area contributed by atoms with Gasteiger partial charge in [-0.05, 0) is 77.0 Å². The maximum absolute atomic E-state index is 9.77. The van der Waals surface area contributed by atoms with Crippen LogP contribution in [-0.2, 0) is 9.47 Å². The molecular formula is C40H75NO3. The van der Waals surface area contributed by atoms with Crippen molar-refractivity contribution in [3.63, 3.8) is 0 Å². The van der Waals surface area contributed by atoms with Crippen molar-refractivity contribution in [1.29, 1.82) is 0 Å². The molecule has 0 aliphatic carbocycles. The number of ether oxygens (including phenoxy) is 2. The van der Waals surface area contributed by atoms with Crippen LogP contribution in [-0.4, -0.2) is 43.7 Å². The molecule has 0 radical (unpaired) electrons. The molecule has 0 aromatic carbocycles. The number of unbranched alkanes of at least 4 members (excludes halogenated alkanes) is 18. The van der Waals surface area contributed by atoms with Gasteiger partial charge in [0.2, 0.25) is 0 Å². The lowest BCUT2D eigenvalue weighted by molar-refractivity contribution is -0.00366. The minimum Gasteiger partial charge on any atom is -0.394 e. The fraction of sp³-hybridized carbons (Fsp3) is 0.800. The Morgan fingerprint density at radius 2 is 0.773 bits per heavy atom. The highest BCUT2D eigenvalue weighted by Gasteiger charge is 2.24. The highest BCUT2D eigenvalue weighted by atomic mass is 16.5. The highest BCUT2D eigenvalue weighted by molar-refractivity contribution is 4.93. The van der Waals surface area contributed by atoms with E-state index in [2.05, 4.69) is 62.5 Å². The number of aliphatic hydroxyl groups is 1. The van der Waals surface area contributed by atoms with Crippen LogP contribution in [0.25, 0.3) is 0 Å². The molecule has 0 saturated heterocycles. The van der Waals surface area contributed by atoms with Gasteiger partial charge in [-0.1, -0.05) is 140 Å². The fourth-order valence-corrected chi connectivity index (χ4v) is 5.07. The Balaban J connectivity index is 3.49. The average molecular weight is 618 g/mol. The monoisotopic (exact) mass is 618 g/mol. The zero-order valence-electron chi connectivity index (χ0n) is 29.5. The zero-order chi connectivity index (χ0) is 32.1. The molecule has 258 valence electrons. The molecular weight excluding hydrogens is 542 g/mol. The van der Waals surface area contributed by atoms with Crippen molar-refractivity contribution < 1.29 is 14.6 Å². The predicted octanol–water partition coefficient (Wildman–Crippen LogP) is 11.3. The first-order chi connectivity index (χ1) is 21.7. The third-order valence-corrected chi connectivity index (χ3v) is 8.07. The molecule has 0 fully saturated rings. The van der Waals surface area contributed by atoms with E-state index in [1.54, 1.807) is 0 Å². The van der Waals surface area contributed by atoms with Crippen molar-refractivity contribution in [2.75, 3.05) is 33.0 Å². The van der Waals surface area contributed by atoms with Crippen molar-refractivity contribution in [2.45, 2.75) is 173 Å². The summed E-state index contributed by atoms with van der Waals surface area (Å²) < 4.78 is 11.6. The number of rotatable bonds is 35. The Labute approximate surface area is 275 Å². The van der Waals surface area contributed by atoms with Crippen LogP contribution in [0.3, 0.4) is 0 Å². The van der Waals surface area contributed by atoms with Crippen LogP contribution in [0.1, 0.15) is 168 Å². The van der Waals surface area contributed by atoms with Gasteiger partial charge in [0.15, 0.2) is 0 Å². The number of nitrogens with two attached hydrogens (primary N) is 1. The van der Waals surface area contributed by atoms with E-state index < -0.39 is 5.54 Å². The van der Waals surface area contributed by atoms with Gasteiger partial charge in [0.05, 0.1) is 25.4 Å². The van der Waals surface area contributed by atoms with Crippen molar-refractivity contribution in [1.82, 2.24) is 0 Å². The fourth-order valence-electron chi connectivity index (χ4n) is 5.07. The average Bonchev–Trinajstić information content (AvgIpc) is 3.03. The second kappa shape index (κ2) is 36.3. The van der Waals surface area contributed by atoms with E-state index >= 15 is 0 Å². The van der Waals surface area contributed by atoms with Gasteiger partial charge >= 0.3 is 0 Å². The lowest BCUT2D eigenvalue weighted by Gasteiger charge is -2.26. The summed E-state index contributed by atoms with van der Waals surface area (Å²) in [4.78, 5) is 0. The third kappa shape index (κ3) is 33.7. The number of hydrogen-bond acceptors (Lipinski definition) is 4. The van der Waals surface area contributed by atoms with Gasteiger partial charge in [0.1, 0.15) is 0 Å². The first-order valence-electron chi connectivity index (χ1n) is 18.8. The van der Waals surface area contributed by atoms with Crippen LogP contribution in [0, 0.1) is 0 Å². The third-order valence-electron chi connectivity index (χ3n) is 8.07. The molecule has 0 saturated carbocycles. The summed E-state index contributed by atoms with van der Waals surface area (Å²) in [5.74, 6) is 0. The standard InChI is InChI=1S/C40H75NO3/c1-3-5-7-9-11-13-15-17-19-21-23-25-27-29-31-33-35-43-38-40(41,37-42)39-44-36-34-32-30-28-26-24-22-20-18-16-14-12-10-8-6-4-2/h11-14,17-20,42H,3-10,15-16,21-39,41H2,1-2H3/b13-11-,14-12+,19-17-,20-18-. The van der Waals surface area contributed by atoms with Crippen LogP contribution in [0.15, 0.2) is 48.6 Å². The summed E-state index contributed by atoms with van der Waals surface area (Å²) in [5, 5.41) is 9.77. The van der Waals surface area contributed by atoms with E-state index in [0.717, 1.165) is 25.7 Å². The van der Waals surface area contributed by atoms with Crippen molar-refractivity contribution in [2.24, 2.45) is 5.73 Å². The van der Waals surface area contributed by atoms with Crippen molar-refractivity contribution >= 4 is 0 Å². The maximum atomic E-state index is 9.77. The topological polar surface area (TPSA) is 64.7 Å². The van der Waals surface area contributed by atoms with E-state index in [0.29, 0.717) is 26.4 Å². The van der Waals surface area contributed by atoms with Gasteiger partial charge in [-0.15, -0.1) is 0 Å². The van der Waals surface area contributed by atoms with E-state index in [9.17, 15) is 5.11 Å². The summed E-state index contributed by atoms with van der Waals surface area (Å²) in [5.41, 5.74) is 5.53. The Morgan fingerprint density at radius 1 is 0.455 bits per heavy atom. The van der Waals surface area contributed by atoms with E-state index in [-0.39, 0.29) is 6.61 Å². The maximum Gasteiger partial charge on any atom is 0.0862 e. The largest absolute Gasteiger partial charge is 0.394 e. The number of allylic oxidation sites excluding steroid dienone is 8. The van der Waals surface area contributed by atoms with Crippen molar-refractivity contribution in [3.05, 3.63) is 48.6 Å². The van der Waals surface area contributed by atoms with Crippen molar-refractivity contribution in [3.8, 4) is 0 Å². The number of hydrogen-bond donors (Lipinski definition) is 2. The molecule has 0 rings (SSSR count). The summed E-state index contributed by atoms with van der Waals surface area (Å²) in [6.07, 6.45) is 48.3. The van der Waals surface area contributed by atoms with Gasteiger partial charge in [-0.25, -0.2) is 0 Å². The van der Waals surface area contributed by atoms with E-state index in [1.807, 2.05) is 0 Å².